The Morgan fingerprint density at radius 2 is 2.04 bits per heavy atom. The van der Waals surface area contributed by atoms with Crippen molar-refractivity contribution in [3.8, 4) is 0 Å². The molecule has 0 spiro atoms. The van der Waals surface area contributed by atoms with Gasteiger partial charge in [0.15, 0.2) is 5.13 Å². The summed E-state index contributed by atoms with van der Waals surface area (Å²) in [5, 5.41) is 4.33. The number of aryl methyl sites for hydroxylation is 1. The molecule has 1 N–H and O–H groups in total. The topological polar surface area (TPSA) is 42.0 Å². The summed E-state index contributed by atoms with van der Waals surface area (Å²) in [6.45, 7) is 2.03. The van der Waals surface area contributed by atoms with Crippen LogP contribution in [0.25, 0.3) is 10.2 Å². The predicted octanol–water partition coefficient (Wildman–Crippen LogP) is 4.93. The maximum atomic E-state index is 12.8. The van der Waals surface area contributed by atoms with E-state index in [9.17, 15) is 4.79 Å². The van der Waals surface area contributed by atoms with Gasteiger partial charge in [0, 0.05) is 5.02 Å². The summed E-state index contributed by atoms with van der Waals surface area (Å²) in [7, 11) is 0. The first kappa shape index (κ1) is 14.7. The van der Waals surface area contributed by atoms with Crippen molar-refractivity contribution < 1.29 is 4.79 Å². The number of benzene rings is 2. The fraction of sp³-hybridized carbons (Fsp3) is 0.222. The van der Waals surface area contributed by atoms with E-state index in [4.69, 9.17) is 11.6 Å². The molecule has 5 heteroatoms. The molecular weight excluding hydrogens is 328 g/mol. The third kappa shape index (κ3) is 2.52. The minimum atomic E-state index is -0.447. The van der Waals surface area contributed by atoms with Crippen LogP contribution in [-0.4, -0.2) is 10.9 Å². The fourth-order valence-corrected chi connectivity index (χ4v) is 4.04. The van der Waals surface area contributed by atoms with Gasteiger partial charge >= 0.3 is 0 Å². The van der Waals surface area contributed by atoms with Gasteiger partial charge < -0.3 is 5.32 Å². The predicted molar refractivity (Wildman–Crippen MR) is 95.4 cm³/mol. The molecule has 3 aromatic rings. The van der Waals surface area contributed by atoms with Crippen LogP contribution < -0.4 is 5.32 Å². The average Bonchev–Trinajstić information content (AvgIpc) is 3.24. The molecule has 1 heterocycles. The summed E-state index contributed by atoms with van der Waals surface area (Å²) in [5.74, 6) is 0.0106. The highest BCUT2D eigenvalue weighted by molar-refractivity contribution is 7.22. The molecule has 3 nitrogen and oxygen atoms in total. The summed E-state index contributed by atoms with van der Waals surface area (Å²) in [4.78, 5) is 17.3. The third-order valence-corrected chi connectivity index (χ3v) is 5.57. The SMILES string of the molecule is Cc1cccc2sc(NC(=O)C3(c4cccc(Cl)c4)CC3)nc12. The van der Waals surface area contributed by atoms with Gasteiger partial charge in [-0.3, -0.25) is 4.79 Å². The van der Waals surface area contributed by atoms with E-state index in [0.29, 0.717) is 10.2 Å². The smallest absolute Gasteiger partial charge is 0.236 e. The van der Waals surface area contributed by atoms with Crippen LogP contribution in [0.2, 0.25) is 5.02 Å². The van der Waals surface area contributed by atoms with Gasteiger partial charge in [-0.2, -0.15) is 0 Å². The largest absolute Gasteiger partial charge is 0.301 e. The van der Waals surface area contributed by atoms with Crippen LogP contribution in [0.4, 0.5) is 5.13 Å². The van der Waals surface area contributed by atoms with Crippen molar-refractivity contribution in [1.29, 1.82) is 0 Å². The minimum Gasteiger partial charge on any atom is -0.301 e. The number of nitrogens with one attached hydrogen (secondary N) is 1. The number of thiazole rings is 1. The van der Waals surface area contributed by atoms with Gasteiger partial charge in [0.05, 0.1) is 15.6 Å². The normalized spacial score (nSPS) is 15.6. The zero-order valence-electron chi connectivity index (χ0n) is 12.6. The number of carbonyl (C=O) groups excluding carboxylic acids is 1. The third-order valence-electron chi connectivity index (χ3n) is 4.40. The number of fused-ring (bicyclic) bond motifs is 1. The maximum absolute atomic E-state index is 12.8. The lowest BCUT2D eigenvalue weighted by Crippen LogP contribution is -2.27. The Kier molecular flexibility index (Phi) is 3.39. The zero-order chi connectivity index (χ0) is 16.0. The number of nitrogens with zero attached hydrogens (tertiary/aromatic N) is 1. The van der Waals surface area contributed by atoms with Crippen molar-refractivity contribution in [2.45, 2.75) is 25.2 Å². The first-order valence-electron chi connectivity index (χ1n) is 7.52. The Morgan fingerprint density at radius 3 is 2.74 bits per heavy atom. The Labute approximate surface area is 143 Å². The van der Waals surface area contributed by atoms with Crippen molar-refractivity contribution >= 4 is 44.2 Å². The molecule has 1 amide bonds. The summed E-state index contributed by atoms with van der Waals surface area (Å²) in [6, 6.07) is 13.6. The number of rotatable bonds is 3. The molecule has 4 rings (SSSR count). The summed E-state index contributed by atoms with van der Waals surface area (Å²) < 4.78 is 1.09. The van der Waals surface area contributed by atoms with Crippen LogP contribution in [0.15, 0.2) is 42.5 Å². The molecule has 0 saturated heterocycles. The van der Waals surface area contributed by atoms with Crippen LogP contribution in [0.3, 0.4) is 0 Å². The van der Waals surface area contributed by atoms with Crippen LogP contribution in [-0.2, 0) is 10.2 Å². The molecule has 0 aliphatic heterocycles. The van der Waals surface area contributed by atoms with Crippen molar-refractivity contribution in [2.24, 2.45) is 0 Å². The van der Waals surface area contributed by atoms with Gasteiger partial charge in [0.25, 0.3) is 0 Å². The van der Waals surface area contributed by atoms with Gasteiger partial charge in [-0.1, -0.05) is 47.2 Å². The Balaban J connectivity index is 1.63. The number of hydrogen-bond acceptors (Lipinski definition) is 3. The number of para-hydroxylation sites is 1. The number of aromatic nitrogens is 1. The van der Waals surface area contributed by atoms with Crippen LogP contribution in [0.1, 0.15) is 24.0 Å². The molecule has 0 bridgehead atoms. The molecule has 0 unspecified atom stereocenters. The van der Waals surface area contributed by atoms with Gasteiger partial charge in [-0.15, -0.1) is 0 Å². The van der Waals surface area contributed by atoms with E-state index >= 15 is 0 Å². The number of halogens is 1. The van der Waals surface area contributed by atoms with E-state index in [-0.39, 0.29) is 5.91 Å². The molecule has 116 valence electrons. The van der Waals surface area contributed by atoms with E-state index in [0.717, 1.165) is 34.2 Å². The number of hydrogen-bond donors (Lipinski definition) is 1. The standard InChI is InChI=1S/C18H15ClN2OS/c1-11-4-2-7-14-15(11)20-17(23-14)21-16(22)18(8-9-18)12-5-3-6-13(19)10-12/h2-7,10H,8-9H2,1H3,(H,20,21,22). The van der Waals surface area contributed by atoms with Gasteiger partial charge in [-0.05, 0) is 49.1 Å². The van der Waals surface area contributed by atoms with E-state index in [2.05, 4.69) is 10.3 Å². The van der Waals surface area contributed by atoms with E-state index in [1.165, 1.54) is 11.3 Å². The maximum Gasteiger partial charge on any atom is 0.236 e. The lowest BCUT2D eigenvalue weighted by atomic mass is 9.95. The molecule has 0 atom stereocenters. The van der Waals surface area contributed by atoms with Gasteiger partial charge in [-0.25, -0.2) is 4.98 Å². The molecule has 23 heavy (non-hydrogen) atoms. The second-order valence-corrected chi connectivity index (χ2v) is 7.45. The van der Waals surface area contributed by atoms with Crippen LogP contribution in [0, 0.1) is 6.92 Å². The first-order chi connectivity index (χ1) is 11.1. The minimum absolute atomic E-state index is 0.0106. The molecular formula is C18H15ClN2OS. The summed E-state index contributed by atoms with van der Waals surface area (Å²) in [6.07, 6.45) is 1.70. The highest BCUT2D eigenvalue weighted by Crippen LogP contribution is 2.49. The highest BCUT2D eigenvalue weighted by Gasteiger charge is 2.51. The molecule has 1 aliphatic carbocycles. The second-order valence-electron chi connectivity index (χ2n) is 5.99. The van der Waals surface area contributed by atoms with Crippen molar-refractivity contribution in [3.63, 3.8) is 0 Å². The molecule has 2 aromatic carbocycles. The molecule has 1 saturated carbocycles. The summed E-state index contributed by atoms with van der Waals surface area (Å²) >= 11 is 7.59. The highest BCUT2D eigenvalue weighted by atomic mass is 35.5. The first-order valence-corrected chi connectivity index (χ1v) is 8.72. The number of anilines is 1. The molecule has 1 aromatic heterocycles. The van der Waals surface area contributed by atoms with Crippen LogP contribution >= 0.6 is 22.9 Å². The van der Waals surface area contributed by atoms with E-state index in [1.807, 2.05) is 49.4 Å². The van der Waals surface area contributed by atoms with Crippen molar-refractivity contribution in [1.82, 2.24) is 4.98 Å². The van der Waals surface area contributed by atoms with E-state index < -0.39 is 5.41 Å². The Bertz CT molecular complexity index is 914. The molecule has 1 fully saturated rings. The monoisotopic (exact) mass is 342 g/mol. The lowest BCUT2D eigenvalue weighted by Gasteiger charge is -2.14. The fourth-order valence-electron chi connectivity index (χ4n) is 2.91. The second kappa shape index (κ2) is 5.32. The number of amides is 1. The van der Waals surface area contributed by atoms with Crippen LogP contribution in [0.5, 0.6) is 0 Å². The van der Waals surface area contributed by atoms with E-state index in [1.54, 1.807) is 0 Å². The lowest BCUT2D eigenvalue weighted by molar-refractivity contribution is -0.118. The molecule has 1 aliphatic rings. The van der Waals surface area contributed by atoms with Gasteiger partial charge in [0.1, 0.15) is 0 Å². The zero-order valence-corrected chi connectivity index (χ0v) is 14.2. The van der Waals surface area contributed by atoms with Crippen molar-refractivity contribution in [2.75, 3.05) is 5.32 Å². The van der Waals surface area contributed by atoms with Gasteiger partial charge in [0.2, 0.25) is 5.91 Å². The Morgan fingerprint density at radius 1 is 1.26 bits per heavy atom. The number of carbonyl (C=O) groups is 1. The average molecular weight is 343 g/mol. The quantitative estimate of drug-likeness (QED) is 0.733. The molecule has 0 radical (unpaired) electrons. The summed E-state index contributed by atoms with van der Waals surface area (Å²) in [5.41, 5.74) is 2.62. The van der Waals surface area contributed by atoms with Crippen molar-refractivity contribution in [3.05, 3.63) is 58.6 Å². The Hall–Kier alpha value is -1.91.